The average Bonchev–Trinajstić information content (AvgIpc) is 2.85. The Bertz CT molecular complexity index is 619. The first kappa shape index (κ1) is 14.6. The zero-order valence-corrected chi connectivity index (χ0v) is 12.1. The van der Waals surface area contributed by atoms with E-state index in [1.807, 2.05) is 6.07 Å². The molecule has 0 spiro atoms. The summed E-state index contributed by atoms with van der Waals surface area (Å²) in [6.45, 7) is 4.72. The number of hydrogen-bond acceptors (Lipinski definition) is 3. The van der Waals surface area contributed by atoms with Crippen molar-refractivity contribution in [1.82, 2.24) is 5.32 Å². The molecule has 0 saturated heterocycles. The maximum absolute atomic E-state index is 11.0. The summed E-state index contributed by atoms with van der Waals surface area (Å²) in [4.78, 5) is 11.0. The number of nitrogens with one attached hydrogen (secondary N) is 1. The van der Waals surface area contributed by atoms with Crippen LogP contribution in [0.25, 0.3) is 11.3 Å². The van der Waals surface area contributed by atoms with E-state index in [9.17, 15) is 4.79 Å². The Morgan fingerprint density at radius 3 is 2.75 bits per heavy atom. The first-order chi connectivity index (χ1) is 9.47. The molecule has 1 aromatic heterocycles. The standard InChI is InChI=1S/C15H16ClNO3/c1-9(2)17-8-11-4-6-14(20-11)12-7-10(15(18)19)3-5-13(12)16/h3-7,9,17H,8H2,1-2H3,(H,18,19). The SMILES string of the molecule is CC(C)NCc1ccc(-c2cc(C(=O)O)ccc2Cl)o1. The minimum absolute atomic E-state index is 0.183. The third kappa shape index (κ3) is 3.40. The second-order valence-electron chi connectivity index (χ2n) is 4.80. The summed E-state index contributed by atoms with van der Waals surface area (Å²) < 4.78 is 5.70. The lowest BCUT2D eigenvalue weighted by Gasteiger charge is -2.06. The molecule has 0 aliphatic heterocycles. The summed E-state index contributed by atoms with van der Waals surface area (Å²) >= 11 is 6.10. The molecule has 0 unspecified atom stereocenters. The van der Waals surface area contributed by atoms with E-state index in [-0.39, 0.29) is 5.56 Å². The van der Waals surface area contributed by atoms with Crippen molar-refractivity contribution in [3.05, 3.63) is 46.7 Å². The van der Waals surface area contributed by atoms with Gasteiger partial charge in [-0.25, -0.2) is 4.79 Å². The van der Waals surface area contributed by atoms with Crippen LogP contribution in [0.3, 0.4) is 0 Å². The maximum Gasteiger partial charge on any atom is 0.335 e. The van der Waals surface area contributed by atoms with Gasteiger partial charge in [-0.2, -0.15) is 0 Å². The number of rotatable bonds is 5. The summed E-state index contributed by atoms with van der Waals surface area (Å²) in [5.41, 5.74) is 0.769. The number of halogens is 1. The van der Waals surface area contributed by atoms with Gasteiger partial charge in [0.25, 0.3) is 0 Å². The number of carboxylic acid groups (broad SMARTS) is 1. The number of aromatic carboxylic acids is 1. The molecule has 0 amide bonds. The van der Waals surface area contributed by atoms with Crippen LogP contribution >= 0.6 is 11.6 Å². The molecule has 2 rings (SSSR count). The van der Waals surface area contributed by atoms with Gasteiger partial charge in [0.15, 0.2) is 0 Å². The Morgan fingerprint density at radius 1 is 1.35 bits per heavy atom. The van der Waals surface area contributed by atoms with Crippen molar-refractivity contribution in [3.8, 4) is 11.3 Å². The van der Waals surface area contributed by atoms with Crippen molar-refractivity contribution in [2.24, 2.45) is 0 Å². The topological polar surface area (TPSA) is 62.5 Å². The van der Waals surface area contributed by atoms with Gasteiger partial charge in [0, 0.05) is 11.6 Å². The van der Waals surface area contributed by atoms with Gasteiger partial charge < -0.3 is 14.8 Å². The molecule has 0 bridgehead atoms. The first-order valence-electron chi connectivity index (χ1n) is 6.32. The second-order valence-corrected chi connectivity index (χ2v) is 5.21. The van der Waals surface area contributed by atoms with Gasteiger partial charge in [-0.3, -0.25) is 0 Å². The molecule has 0 fully saturated rings. The van der Waals surface area contributed by atoms with Crippen molar-refractivity contribution in [2.75, 3.05) is 0 Å². The lowest BCUT2D eigenvalue weighted by molar-refractivity contribution is 0.0697. The van der Waals surface area contributed by atoms with Crippen molar-refractivity contribution < 1.29 is 14.3 Å². The summed E-state index contributed by atoms with van der Waals surface area (Å²) in [6.07, 6.45) is 0. The fraction of sp³-hybridized carbons (Fsp3) is 0.267. The van der Waals surface area contributed by atoms with Gasteiger partial charge in [-0.1, -0.05) is 25.4 Å². The minimum Gasteiger partial charge on any atom is -0.478 e. The molecule has 0 saturated carbocycles. The van der Waals surface area contributed by atoms with Crippen LogP contribution in [0.15, 0.2) is 34.7 Å². The monoisotopic (exact) mass is 293 g/mol. The van der Waals surface area contributed by atoms with Gasteiger partial charge in [0.05, 0.1) is 17.1 Å². The number of furan rings is 1. The van der Waals surface area contributed by atoms with Crippen LogP contribution in [0.1, 0.15) is 30.0 Å². The molecule has 0 aliphatic rings. The molecule has 0 atom stereocenters. The van der Waals surface area contributed by atoms with E-state index in [0.717, 1.165) is 5.76 Å². The fourth-order valence-electron chi connectivity index (χ4n) is 1.77. The van der Waals surface area contributed by atoms with Crippen LogP contribution < -0.4 is 5.32 Å². The molecule has 1 aromatic carbocycles. The van der Waals surface area contributed by atoms with Gasteiger partial charge in [-0.05, 0) is 30.3 Å². The molecule has 0 radical (unpaired) electrons. The Kier molecular flexibility index (Phi) is 4.47. The largest absolute Gasteiger partial charge is 0.478 e. The highest BCUT2D eigenvalue weighted by Gasteiger charge is 2.12. The molecule has 20 heavy (non-hydrogen) atoms. The van der Waals surface area contributed by atoms with Crippen molar-refractivity contribution in [2.45, 2.75) is 26.4 Å². The molecule has 5 heteroatoms. The second kappa shape index (κ2) is 6.11. The highest BCUT2D eigenvalue weighted by atomic mass is 35.5. The van der Waals surface area contributed by atoms with Crippen LogP contribution in [0.5, 0.6) is 0 Å². The van der Waals surface area contributed by atoms with Gasteiger partial charge in [0.2, 0.25) is 0 Å². The van der Waals surface area contributed by atoms with Crippen molar-refractivity contribution in [1.29, 1.82) is 0 Å². The van der Waals surface area contributed by atoms with E-state index >= 15 is 0 Å². The minimum atomic E-state index is -0.990. The predicted octanol–water partition coefficient (Wildman–Crippen LogP) is 3.80. The zero-order valence-electron chi connectivity index (χ0n) is 11.3. The Labute approximate surface area is 122 Å². The molecular formula is C15H16ClNO3. The van der Waals surface area contributed by atoms with E-state index in [0.29, 0.717) is 28.9 Å². The maximum atomic E-state index is 11.0. The quantitative estimate of drug-likeness (QED) is 0.880. The van der Waals surface area contributed by atoms with Crippen molar-refractivity contribution in [3.63, 3.8) is 0 Å². The Balaban J connectivity index is 2.27. The fourth-order valence-corrected chi connectivity index (χ4v) is 1.98. The van der Waals surface area contributed by atoms with Crippen LogP contribution in [0, 0.1) is 0 Å². The third-order valence-corrected chi connectivity index (χ3v) is 3.15. The van der Waals surface area contributed by atoms with E-state index in [1.165, 1.54) is 12.1 Å². The summed E-state index contributed by atoms with van der Waals surface area (Å²) in [5.74, 6) is 0.361. The van der Waals surface area contributed by atoms with Crippen LogP contribution in [-0.2, 0) is 6.54 Å². The van der Waals surface area contributed by atoms with E-state index in [2.05, 4.69) is 19.2 Å². The van der Waals surface area contributed by atoms with Gasteiger partial charge in [-0.15, -0.1) is 0 Å². The smallest absolute Gasteiger partial charge is 0.335 e. The van der Waals surface area contributed by atoms with Crippen LogP contribution in [0.4, 0.5) is 0 Å². The van der Waals surface area contributed by atoms with E-state index in [1.54, 1.807) is 12.1 Å². The molecule has 4 nitrogen and oxygen atoms in total. The van der Waals surface area contributed by atoms with Crippen LogP contribution in [-0.4, -0.2) is 17.1 Å². The van der Waals surface area contributed by atoms with Gasteiger partial charge >= 0.3 is 5.97 Å². The van der Waals surface area contributed by atoms with E-state index in [4.69, 9.17) is 21.1 Å². The highest BCUT2D eigenvalue weighted by Crippen LogP contribution is 2.30. The molecule has 2 aromatic rings. The highest BCUT2D eigenvalue weighted by molar-refractivity contribution is 6.33. The first-order valence-corrected chi connectivity index (χ1v) is 6.70. The Hall–Kier alpha value is -1.78. The Morgan fingerprint density at radius 2 is 2.10 bits per heavy atom. The van der Waals surface area contributed by atoms with E-state index < -0.39 is 5.97 Å². The lowest BCUT2D eigenvalue weighted by atomic mass is 10.1. The van der Waals surface area contributed by atoms with Crippen LogP contribution in [0.2, 0.25) is 5.02 Å². The molecular weight excluding hydrogens is 278 g/mol. The number of hydrogen-bond donors (Lipinski definition) is 2. The summed E-state index contributed by atoms with van der Waals surface area (Å²) in [6, 6.07) is 8.57. The molecule has 0 aliphatic carbocycles. The molecule has 1 heterocycles. The predicted molar refractivity (Wildman–Crippen MR) is 78.1 cm³/mol. The average molecular weight is 294 g/mol. The summed E-state index contributed by atoms with van der Waals surface area (Å²) in [5, 5.41) is 12.7. The number of carbonyl (C=O) groups is 1. The lowest BCUT2D eigenvalue weighted by Crippen LogP contribution is -2.21. The molecule has 106 valence electrons. The zero-order chi connectivity index (χ0) is 14.7. The number of carboxylic acids is 1. The van der Waals surface area contributed by atoms with Gasteiger partial charge in [0.1, 0.15) is 11.5 Å². The number of benzene rings is 1. The normalized spacial score (nSPS) is 11.0. The summed E-state index contributed by atoms with van der Waals surface area (Å²) in [7, 11) is 0. The molecule has 2 N–H and O–H groups in total. The van der Waals surface area contributed by atoms with Crippen molar-refractivity contribution >= 4 is 17.6 Å². The third-order valence-electron chi connectivity index (χ3n) is 2.82.